The largest absolute Gasteiger partial charge is 0.461 e. The maximum Gasteiger partial charge on any atom is 0.359 e. The van der Waals surface area contributed by atoms with E-state index in [2.05, 4.69) is 4.98 Å². The van der Waals surface area contributed by atoms with Gasteiger partial charge in [0.05, 0.1) is 11.5 Å². The Morgan fingerprint density at radius 2 is 2.14 bits per heavy atom. The number of thiazole rings is 1. The summed E-state index contributed by atoms with van der Waals surface area (Å²) >= 11 is 1.42. The van der Waals surface area contributed by atoms with Crippen molar-refractivity contribution in [2.24, 2.45) is 0 Å². The molecule has 3 rings (SSSR count). The van der Waals surface area contributed by atoms with Gasteiger partial charge >= 0.3 is 5.97 Å². The molecule has 21 heavy (non-hydrogen) atoms. The highest BCUT2D eigenvalue weighted by Gasteiger charge is 2.21. The second kappa shape index (κ2) is 5.49. The van der Waals surface area contributed by atoms with Crippen molar-refractivity contribution in [3.8, 4) is 10.4 Å². The lowest BCUT2D eigenvalue weighted by Gasteiger charge is -1.98. The monoisotopic (exact) mass is 300 g/mol. The number of hydrogen-bond acceptors (Lipinski definition) is 5. The molecular formula is C15H12N2O3S. The molecule has 2 aromatic heterocycles. The Morgan fingerprint density at radius 3 is 2.81 bits per heavy atom. The zero-order valence-electron chi connectivity index (χ0n) is 11.3. The van der Waals surface area contributed by atoms with Gasteiger partial charge < -0.3 is 4.74 Å². The maximum absolute atomic E-state index is 11.8. The van der Waals surface area contributed by atoms with Crippen LogP contribution in [-0.4, -0.2) is 28.2 Å². The van der Waals surface area contributed by atoms with Crippen LogP contribution in [0.2, 0.25) is 0 Å². The lowest BCUT2D eigenvalue weighted by Crippen LogP contribution is -2.08. The SMILES string of the molecule is CCOC(=O)c1nc2sc(-c3ccccc3)cn2c1C=O. The molecule has 0 saturated heterocycles. The number of carbonyl (C=O) groups excluding carboxylic acids is 2. The van der Waals surface area contributed by atoms with E-state index in [0.717, 1.165) is 10.4 Å². The minimum Gasteiger partial charge on any atom is -0.461 e. The summed E-state index contributed by atoms with van der Waals surface area (Å²) in [5, 5.41) is 0. The van der Waals surface area contributed by atoms with Gasteiger partial charge in [-0.15, -0.1) is 0 Å². The predicted molar refractivity (Wildman–Crippen MR) is 79.8 cm³/mol. The molecule has 0 spiro atoms. The van der Waals surface area contributed by atoms with Crippen molar-refractivity contribution in [3.05, 3.63) is 47.9 Å². The molecule has 0 aliphatic rings. The molecule has 5 nitrogen and oxygen atoms in total. The number of nitrogens with zero attached hydrogens (tertiary/aromatic N) is 2. The van der Waals surface area contributed by atoms with Gasteiger partial charge in [0.15, 0.2) is 16.9 Å². The van der Waals surface area contributed by atoms with Gasteiger partial charge in [-0.2, -0.15) is 0 Å². The van der Waals surface area contributed by atoms with Gasteiger partial charge in [-0.05, 0) is 12.5 Å². The lowest BCUT2D eigenvalue weighted by atomic mass is 10.2. The molecule has 0 saturated carbocycles. The Kier molecular flexibility index (Phi) is 3.53. The molecule has 0 unspecified atom stereocenters. The maximum atomic E-state index is 11.8. The number of benzene rings is 1. The average molecular weight is 300 g/mol. The van der Waals surface area contributed by atoms with Crippen molar-refractivity contribution in [1.29, 1.82) is 0 Å². The molecule has 106 valence electrons. The van der Waals surface area contributed by atoms with Gasteiger partial charge in [-0.25, -0.2) is 9.78 Å². The van der Waals surface area contributed by atoms with E-state index < -0.39 is 5.97 Å². The summed E-state index contributed by atoms with van der Waals surface area (Å²) in [7, 11) is 0. The summed E-state index contributed by atoms with van der Waals surface area (Å²) in [5.74, 6) is -0.572. The van der Waals surface area contributed by atoms with E-state index in [0.29, 0.717) is 11.2 Å². The highest BCUT2D eigenvalue weighted by molar-refractivity contribution is 7.20. The molecule has 6 heteroatoms. The zero-order chi connectivity index (χ0) is 14.8. The summed E-state index contributed by atoms with van der Waals surface area (Å²) in [5.41, 5.74) is 1.34. The molecule has 0 amide bonds. The van der Waals surface area contributed by atoms with Gasteiger partial charge in [0, 0.05) is 6.20 Å². The van der Waals surface area contributed by atoms with Crippen molar-refractivity contribution < 1.29 is 14.3 Å². The molecule has 0 N–H and O–H groups in total. The number of aromatic nitrogens is 2. The predicted octanol–water partition coefficient (Wildman–Crippen LogP) is 3.05. The third kappa shape index (κ3) is 2.34. The number of imidazole rings is 1. The topological polar surface area (TPSA) is 60.7 Å². The molecule has 0 aliphatic heterocycles. The summed E-state index contributed by atoms with van der Waals surface area (Å²) in [6.45, 7) is 1.96. The lowest BCUT2D eigenvalue weighted by molar-refractivity contribution is 0.0518. The van der Waals surface area contributed by atoms with Crippen LogP contribution in [0.25, 0.3) is 15.4 Å². The number of carbonyl (C=O) groups is 2. The van der Waals surface area contributed by atoms with Crippen molar-refractivity contribution in [2.45, 2.75) is 6.92 Å². The smallest absolute Gasteiger partial charge is 0.359 e. The molecule has 0 radical (unpaired) electrons. The molecule has 2 heterocycles. The van der Waals surface area contributed by atoms with Crippen LogP contribution < -0.4 is 0 Å². The molecule has 0 aliphatic carbocycles. The van der Waals surface area contributed by atoms with Gasteiger partial charge in [0.2, 0.25) is 0 Å². The van der Waals surface area contributed by atoms with Crippen molar-refractivity contribution >= 4 is 28.6 Å². The van der Waals surface area contributed by atoms with E-state index in [1.54, 1.807) is 11.3 Å². The fourth-order valence-electron chi connectivity index (χ4n) is 2.06. The number of aldehydes is 1. The van der Waals surface area contributed by atoms with Crippen molar-refractivity contribution in [1.82, 2.24) is 9.38 Å². The van der Waals surface area contributed by atoms with Gasteiger partial charge in [-0.1, -0.05) is 41.7 Å². The second-order valence-corrected chi connectivity index (χ2v) is 5.31. The number of hydrogen-bond donors (Lipinski definition) is 0. The van der Waals surface area contributed by atoms with E-state index in [1.165, 1.54) is 11.3 Å². The number of rotatable bonds is 4. The minimum absolute atomic E-state index is 0.0673. The Morgan fingerprint density at radius 1 is 1.38 bits per heavy atom. The second-order valence-electron chi connectivity index (χ2n) is 4.30. The van der Waals surface area contributed by atoms with Crippen LogP contribution in [-0.2, 0) is 4.74 Å². The van der Waals surface area contributed by atoms with Crippen molar-refractivity contribution in [3.63, 3.8) is 0 Å². The minimum atomic E-state index is -0.572. The molecule has 0 fully saturated rings. The summed E-state index contributed by atoms with van der Waals surface area (Å²) in [4.78, 5) is 28.9. The van der Waals surface area contributed by atoms with Crippen LogP contribution in [0, 0.1) is 0 Å². The Bertz CT molecular complexity index is 805. The standard InChI is InChI=1S/C15H12N2O3S/c1-2-20-14(19)13-11(9-18)17-8-12(21-15(17)16-13)10-6-4-3-5-7-10/h3-9H,2H2,1H3. The molecule has 0 bridgehead atoms. The molecule has 1 aromatic carbocycles. The Balaban J connectivity index is 2.10. The summed E-state index contributed by atoms with van der Waals surface area (Å²) in [6.07, 6.45) is 2.45. The first-order valence-electron chi connectivity index (χ1n) is 6.44. The van der Waals surface area contributed by atoms with E-state index in [-0.39, 0.29) is 18.0 Å². The first-order chi connectivity index (χ1) is 10.2. The summed E-state index contributed by atoms with van der Waals surface area (Å²) in [6, 6.07) is 9.80. The third-order valence-electron chi connectivity index (χ3n) is 3.00. The number of esters is 1. The molecule has 3 aromatic rings. The number of fused-ring (bicyclic) bond motifs is 1. The van der Waals surface area contributed by atoms with Crippen LogP contribution in [0.4, 0.5) is 0 Å². The highest BCUT2D eigenvalue weighted by Crippen LogP contribution is 2.29. The van der Waals surface area contributed by atoms with Crippen LogP contribution in [0.3, 0.4) is 0 Å². The average Bonchev–Trinajstić information content (AvgIpc) is 3.05. The zero-order valence-corrected chi connectivity index (χ0v) is 12.1. The van der Waals surface area contributed by atoms with Crippen LogP contribution in [0.5, 0.6) is 0 Å². The highest BCUT2D eigenvalue weighted by atomic mass is 32.1. The molecule has 0 atom stereocenters. The van der Waals surface area contributed by atoms with Crippen LogP contribution >= 0.6 is 11.3 Å². The first kappa shape index (κ1) is 13.5. The van der Waals surface area contributed by atoms with Gasteiger partial charge in [0.25, 0.3) is 0 Å². The molecular weight excluding hydrogens is 288 g/mol. The van der Waals surface area contributed by atoms with E-state index >= 15 is 0 Å². The fourth-order valence-corrected chi connectivity index (χ4v) is 3.06. The van der Waals surface area contributed by atoms with Gasteiger partial charge in [-0.3, -0.25) is 9.20 Å². The van der Waals surface area contributed by atoms with Crippen LogP contribution in [0.1, 0.15) is 27.9 Å². The van der Waals surface area contributed by atoms with Crippen LogP contribution in [0.15, 0.2) is 36.5 Å². The Hall–Kier alpha value is -2.47. The van der Waals surface area contributed by atoms with Gasteiger partial charge in [0.1, 0.15) is 5.69 Å². The normalized spacial score (nSPS) is 10.7. The Labute approximate surface area is 124 Å². The first-order valence-corrected chi connectivity index (χ1v) is 7.26. The fraction of sp³-hybridized carbons (Fsp3) is 0.133. The van der Waals surface area contributed by atoms with E-state index in [1.807, 2.05) is 36.5 Å². The van der Waals surface area contributed by atoms with Crippen molar-refractivity contribution in [2.75, 3.05) is 6.61 Å². The number of ether oxygens (including phenoxy) is 1. The van der Waals surface area contributed by atoms with E-state index in [4.69, 9.17) is 4.74 Å². The van der Waals surface area contributed by atoms with E-state index in [9.17, 15) is 9.59 Å². The summed E-state index contributed by atoms with van der Waals surface area (Å²) < 4.78 is 6.55. The quantitative estimate of drug-likeness (QED) is 0.549. The third-order valence-corrected chi connectivity index (χ3v) is 4.03.